The first-order chi connectivity index (χ1) is 9.60. The van der Waals surface area contributed by atoms with E-state index in [1.807, 2.05) is 6.92 Å². The number of hydrogen-bond acceptors (Lipinski definition) is 6. The third-order valence-corrected chi connectivity index (χ3v) is 4.95. The number of esters is 2. The van der Waals surface area contributed by atoms with Gasteiger partial charge in [-0.2, -0.15) is 0 Å². The molecule has 0 saturated carbocycles. The van der Waals surface area contributed by atoms with Gasteiger partial charge in [-0.15, -0.1) is 23.5 Å². The van der Waals surface area contributed by atoms with Crippen LogP contribution < -0.4 is 0 Å². The van der Waals surface area contributed by atoms with Gasteiger partial charge in [-0.05, 0) is 19.8 Å². The summed E-state index contributed by atoms with van der Waals surface area (Å²) >= 11 is 2.99. The normalized spacial score (nSPS) is 10.6. The van der Waals surface area contributed by atoms with Crippen molar-refractivity contribution in [3.8, 4) is 0 Å². The molecule has 0 heterocycles. The minimum Gasteiger partial charge on any atom is -0.465 e. The number of carbonyl (C=O) groups is 2. The maximum atomic E-state index is 11.4. The van der Waals surface area contributed by atoms with Crippen LogP contribution >= 0.6 is 23.5 Å². The van der Waals surface area contributed by atoms with Crippen molar-refractivity contribution < 1.29 is 19.1 Å². The summed E-state index contributed by atoms with van der Waals surface area (Å²) in [5.74, 6) is 0.314. The topological polar surface area (TPSA) is 52.6 Å². The molecule has 0 aliphatic rings. The Morgan fingerprint density at radius 2 is 1.30 bits per heavy atom. The quantitative estimate of drug-likeness (QED) is 0.311. The molecule has 0 spiro atoms. The third kappa shape index (κ3) is 12.7. The van der Waals surface area contributed by atoms with E-state index in [9.17, 15) is 9.59 Å². The average molecular weight is 322 g/mol. The molecule has 4 nitrogen and oxygen atoms in total. The SMILES string of the molecule is CCCCOC(=O)CSC(C)SCC(=O)OCCCC. The van der Waals surface area contributed by atoms with Crippen LogP contribution in [0.5, 0.6) is 0 Å². The predicted octanol–water partition coefficient (Wildman–Crippen LogP) is 3.49. The summed E-state index contributed by atoms with van der Waals surface area (Å²) in [5.41, 5.74) is 0. The van der Waals surface area contributed by atoms with Gasteiger partial charge in [-0.3, -0.25) is 9.59 Å². The second-order valence-corrected chi connectivity index (χ2v) is 7.29. The Morgan fingerprint density at radius 3 is 1.65 bits per heavy atom. The maximum Gasteiger partial charge on any atom is 0.315 e. The van der Waals surface area contributed by atoms with Gasteiger partial charge in [0.25, 0.3) is 0 Å². The zero-order valence-electron chi connectivity index (χ0n) is 12.7. The van der Waals surface area contributed by atoms with Gasteiger partial charge in [0.2, 0.25) is 0 Å². The van der Waals surface area contributed by atoms with E-state index in [4.69, 9.17) is 9.47 Å². The third-order valence-electron chi connectivity index (χ3n) is 2.39. The van der Waals surface area contributed by atoms with Crippen molar-refractivity contribution in [3.63, 3.8) is 0 Å². The van der Waals surface area contributed by atoms with Crippen LogP contribution in [0.1, 0.15) is 46.5 Å². The lowest BCUT2D eigenvalue weighted by molar-refractivity contribution is -0.141. The van der Waals surface area contributed by atoms with Crippen molar-refractivity contribution in [3.05, 3.63) is 0 Å². The Morgan fingerprint density at radius 1 is 0.900 bits per heavy atom. The molecule has 0 aliphatic heterocycles. The fraction of sp³-hybridized carbons (Fsp3) is 0.857. The summed E-state index contributed by atoms with van der Waals surface area (Å²) in [6, 6.07) is 0. The number of ether oxygens (including phenoxy) is 2. The van der Waals surface area contributed by atoms with E-state index in [0.717, 1.165) is 25.7 Å². The Hall–Kier alpha value is -0.360. The van der Waals surface area contributed by atoms with Crippen LogP contribution in [0.3, 0.4) is 0 Å². The molecule has 0 aliphatic carbocycles. The Kier molecular flexibility index (Phi) is 13.4. The second-order valence-electron chi connectivity index (χ2n) is 4.34. The molecule has 0 aromatic heterocycles. The molecule has 0 saturated heterocycles. The maximum absolute atomic E-state index is 11.4. The van der Waals surface area contributed by atoms with Gasteiger partial charge in [-0.25, -0.2) is 0 Å². The Bertz CT molecular complexity index is 246. The van der Waals surface area contributed by atoms with Crippen LogP contribution in [0, 0.1) is 0 Å². The van der Waals surface area contributed by atoms with Crippen molar-refractivity contribution in [2.75, 3.05) is 24.7 Å². The highest BCUT2D eigenvalue weighted by atomic mass is 32.2. The second kappa shape index (κ2) is 13.6. The molecule has 0 bridgehead atoms. The highest BCUT2D eigenvalue weighted by molar-refractivity contribution is 8.17. The lowest BCUT2D eigenvalue weighted by Gasteiger charge is -2.10. The molecule has 0 amide bonds. The molecule has 118 valence electrons. The van der Waals surface area contributed by atoms with Crippen molar-refractivity contribution in [2.45, 2.75) is 51.0 Å². The van der Waals surface area contributed by atoms with Crippen molar-refractivity contribution in [1.82, 2.24) is 0 Å². The van der Waals surface area contributed by atoms with E-state index in [0.29, 0.717) is 24.7 Å². The monoisotopic (exact) mass is 322 g/mol. The molecule has 0 N–H and O–H groups in total. The largest absolute Gasteiger partial charge is 0.465 e. The van der Waals surface area contributed by atoms with Gasteiger partial charge >= 0.3 is 11.9 Å². The fourth-order valence-electron chi connectivity index (χ4n) is 1.16. The van der Waals surface area contributed by atoms with E-state index in [2.05, 4.69) is 13.8 Å². The van der Waals surface area contributed by atoms with Crippen LogP contribution in [0.25, 0.3) is 0 Å². The smallest absolute Gasteiger partial charge is 0.315 e. The molecular formula is C14H26O4S2. The summed E-state index contributed by atoms with van der Waals surface area (Å²) in [6.45, 7) is 7.10. The van der Waals surface area contributed by atoms with Gasteiger partial charge in [0, 0.05) is 4.58 Å². The summed E-state index contributed by atoms with van der Waals surface area (Å²) < 4.78 is 10.3. The summed E-state index contributed by atoms with van der Waals surface area (Å²) in [5, 5.41) is 0. The number of hydrogen-bond donors (Lipinski definition) is 0. The van der Waals surface area contributed by atoms with Gasteiger partial charge in [0.05, 0.1) is 24.7 Å². The van der Waals surface area contributed by atoms with Gasteiger partial charge in [0.15, 0.2) is 0 Å². The number of rotatable bonds is 12. The minimum absolute atomic E-state index is 0.174. The lowest BCUT2D eigenvalue weighted by atomic mass is 10.4. The number of thioether (sulfide) groups is 2. The van der Waals surface area contributed by atoms with E-state index in [1.54, 1.807) is 0 Å². The van der Waals surface area contributed by atoms with Crippen molar-refractivity contribution >= 4 is 35.5 Å². The molecular weight excluding hydrogens is 296 g/mol. The van der Waals surface area contributed by atoms with Gasteiger partial charge < -0.3 is 9.47 Å². The molecule has 0 rings (SSSR count). The lowest BCUT2D eigenvalue weighted by Crippen LogP contribution is -2.12. The first kappa shape index (κ1) is 19.6. The first-order valence-corrected chi connectivity index (χ1v) is 9.24. The highest BCUT2D eigenvalue weighted by Gasteiger charge is 2.11. The van der Waals surface area contributed by atoms with Crippen LogP contribution in [-0.4, -0.2) is 41.2 Å². The van der Waals surface area contributed by atoms with E-state index in [-0.39, 0.29) is 16.5 Å². The zero-order valence-corrected chi connectivity index (χ0v) is 14.3. The minimum atomic E-state index is -0.179. The average Bonchev–Trinajstić information content (AvgIpc) is 2.43. The molecule has 0 unspecified atom stereocenters. The van der Waals surface area contributed by atoms with Gasteiger partial charge in [0.1, 0.15) is 0 Å². The Labute approximate surface area is 130 Å². The van der Waals surface area contributed by atoms with Crippen LogP contribution in [0.2, 0.25) is 0 Å². The van der Waals surface area contributed by atoms with Gasteiger partial charge in [-0.1, -0.05) is 26.7 Å². The summed E-state index contributed by atoms with van der Waals surface area (Å²) in [6.07, 6.45) is 3.86. The van der Waals surface area contributed by atoms with E-state index < -0.39 is 0 Å². The molecule has 0 atom stereocenters. The molecule has 0 aromatic rings. The number of carbonyl (C=O) groups excluding carboxylic acids is 2. The highest BCUT2D eigenvalue weighted by Crippen LogP contribution is 2.23. The van der Waals surface area contributed by atoms with Crippen LogP contribution in [0.4, 0.5) is 0 Å². The first-order valence-electron chi connectivity index (χ1n) is 7.14. The Balaban J connectivity index is 3.55. The van der Waals surface area contributed by atoms with Crippen molar-refractivity contribution in [1.29, 1.82) is 0 Å². The van der Waals surface area contributed by atoms with E-state index >= 15 is 0 Å². The fourth-order valence-corrected chi connectivity index (χ4v) is 2.86. The predicted molar refractivity (Wildman–Crippen MR) is 86.1 cm³/mol. The molecule has 6 heteroatoms. The van der Waals surface area contributed by atoms with E-state index in [1.165, 1.54) is 23.5 Å². The zero-order chi connectivity index (χ0) is 15.2. The van der Waals surface area contributed by atoms with Crippen LogP contribution in [-0.2, 0) is 19.1 Å². The van der Waals surface area contributed by atoms with Crippen LogP contribution in [0.15, 0.2) is 0 Å². The summed E-state index contributed by atoms with van der Waals surface area (Å²) in [7, 11) is 0. The molecule has 0 fully saturated rings. The molecule has 0 radical (unpaired) electrons. The summed E-state index contributed by atoms with van der Waals surface area (Å²) in [4.78, 5) is 22.8. The molecule has 0 aromatic carbocycles. The molecule has 20 heavy (non-hydrogen) atoms. The number of unbranched alkanes of at least 4 members (excludes halogenated alkanes) is 2. The van der Waals surface area contributed by atoms with Crippen molar-refractivity contribution in [2.24, 2.45) is 0 Å². The standard InChI is InChI=1S/C14H26O4S2/c1-4-6-8-17-13(15)10-19-12(3)20-11-14(16)18-9-7-5-2/h12H,4-11H2,1-3H3.